The van der Waals surface area contributed by atoms with E-state index in [2.05, 4.69) is 0 Å². The number of hydrogen-bond acceptors (Lipinski definition) is 2. The molecule has 0 aliphatic carbocycles. The normalized spacial score (nSPS) is 10.3. The zero-order chi connectivity index (χ0) is 15.9. The van der Waals surface area contributed by atoms with Crippen molar-refractivity contribution in [2.75, 3.05) is 20.2 Å². The minimum atomic E-state index is -0.441. The van der Waals surface area contributed by atoms with Crippen LogP contribution in [-0.4, -0.2) is 31.0 Å². The number of ether oxygens (including phenoxy) is 1. The Balaban J connectivity index is 2.13. The third-order valence-corrected chi connectivity index (χ3v) is 3.57. The van der Waals surface area contributed by atoms with Gasteiger partial charge in [-0.05, 0) is 37.1 Å². The predicted molar refractivity (Wildman–Crippen MR) is 84.7 cm³/mol. The molecule has 2 aromatic carbocycles. The molecule has 0 atom stereocenters. The molecule has 1 amide bonds. The molecule has 0 saturated carbocycles. The first-order chi connectivity index (χ1) is 10.7. The largest absolute Gasteiger partial charge is 0.496 e. The van der Waals surface area contributed by atoms with Crippen LogP contribution in [0.25, 0.3) is 0 Å². The van der Waals surface area contributed by atoms with Crippen LogP contribution < -0.4 is 4.74 Å². The third kappa shape index (κ3) is 3.85. The van der Waals surface area contributed by atoms with Crippen LogP contribution in [-0.2, 0) is 6.42 Å². The zero-order valence-electron chi connectivity index (χ0n) is 12.9. The molecule has 0 heterocycles. The van der Waals surface area contributed by atoms with Crippen LogP contribution in [0.15, 0.2) is 48.5 Å². The molecule has 0 aliphatic heterocycles. The Hall–Kier alpha value is -2.36. The molecule has 0 unspecified atom stereocenters. The molecule has 0 aliphatic rings. The number of carbonyl (C=O) groups is 1. The molecule has 3 nitrogen and oxygen atoms in total. The number of methoxy groups -OCH3 is 1. The van der Waals surface area contributed by atoms with Gasteiger partial charge in [0.1, 0.15) is 11.6 Å². The summed E-state index contributed by atoms with van der Waals surface area (Å²) in [5, 5.41) is 0. The number of rotatable bonds is 6. The van der Waals surface area contributed by atoms with Gasteiger partial charge in [-0.15, -0.1) is 0 Å². The van der Waals surface area contributed by atoms with Gasteiger partial charge in [0.05, 0.1) is 12.7 Å². The van der Waals surface area contributed by atoms with E-state index < -0.39 is 5.82 Å². The smallest absolute Gasteiger partial charge is 0.257 e. The Morgan fingerprint density at radius 1 is 1.18 bits per heavy atom. The fourth-order valence-corrected chi connectivity index (χ4v) is 2.33. The summed E-state index contributed by atoms with van der Waals surface area (Å²) in [7, 11) is 1.48. The van der Waals surface area contributed by atoms with E-state index in [1.165, 1.54) is 30.9 Å². The monoisotopic (exact) mass is 301 g/mol. The van der Waals surface area contributed by atoms with Gasteiger partial charge in [-0.1, -0.05) is 30.3 Å². The Morgan fingerprint density at radius 3 is 2.55 bits per heavy atom. The highest BCUT2D eigenvalue weighted by atomic mass is 19.1. The van der Waals surface area contributed by atoms with Gasteiger partial charge >= 0.3 is 0 Å². The van der Waals surface area contributed by atoms with E-state index in [0.717, 1.165) is 6.42 Å². The van der Waals surface area contributed by atoms with Crippen molar-refractivity contribution in [1.29, 1.82) is 0 Å². The van der Waals surface area contributed by atoms with E-state index in [1.54, 1.807) is 4.90 Å². The minimum Gasteiger partial charge on any atom is -0.496 e. The fraction of sp³-hybridized carbons (Fsp3) is 0.278. The average Bonchev–Trinajstić information content (AvgIpc) is 2.56. The molecule has 4 heteroatoms. The molecule has 0 radical (unpaired) electrons. The molecule has 2 aromatic rings. The van der Waals surface area contributed by atoms with E-state index in [0.29, 0.717) is 18.8 Å². The summed E-state index contributed by atoms with van der Waals surface area (Å²) in [5.74, 6) is -0.261. The summed E-state index contributed by atoms with van der Waals surface area (Å²) in [6.45, 7) is 3.05. The lowest BCUT2D eigenvalue weighted by Gasteiger charge is -2.22. The molecule has 2 rings (SSSR count). The average molecular weight is 301 g/mol. The Bertz CT molecular complexity index is 628. The maximum atomic E-state index is 13.4. The second kappa shape index (κ2) is 7.59. The topological polar surface area (TPSA) is 29.5 Å². The number of amides is 1. The molecular weight excluding hydrogens is 281 g/mol. The number of carbonyl (C=O) groups excluding carboxylic acids is 1. The lowest BCUT2D eigenvalue weighted by molar-refractivity contribution is 0.0762. The van der Waals surface area contributed by atoms with Gasteiger partial charge in [0.15, 0.2) is 0 Å². The van der Waals surface area contributed by atoms with E-state index in [-0.39, 0.29) is 11.5 Å². The molecule has 116 valence electrons. The highest BCUT2D eigenvalue weighted by Crippen LogP contribution is 2.21. The highest BCUT2D eigenvalue weighted by Gasteiger charge is 2.19. The number of nitrogens with zero attached hydrogens (tertiary/aromatic N) is 1. The van der Waals surface area contributed by atoms with Crippen LogP contribution in [0.1, 0.15) is 22.8 Å². The van der Waals surface area contributed by atoms with Crippen molar-refractivity contribution in [3.8, 4) is 5.75 Å². The summed E-state index contributed by atoms with van der Waals surface area (Å²) in [6.07, 6.45) is 0.762. The van der Waals surface area contributed by atoms with E-state index in [1.807, 2.05) is 37.3 Å². The first-order valence-electron chi connectivity index (χ1n) is 7.32. The first kappa shape index (κ1) is 16.0. The van der Waals surface area contributed by atoms with E-state index in [4.69, 9.17) is 4.74 Å². The minimum absolute atomic E-state index is 0.213. The summed E-state index contributed by atoms with van der Waals surface area (Å²) >= 11 is 0. The number of benzene rings is 2. The van der Waals surface area contributed by atoms with Crippen molar-refractivity contribution in [2.45, 2.75) is 13.3 Å². The highest BCUT2D eigenvalue weighted by molar-refractivity contribution is 5.97. The lowest BCUT2D eigenvalue weighted by Crippen LogP contribution is -2.33. The molecule has 0 spiro atoms. The van der Waals surface area contributed by atoms with Gasteiger partial charge < -0.3 is 9.64 Å². The summed E-state index contributed by atoms with van der Waals surface area (Å²) in [5.41, 5.74) is 1.43. The summed E-state index contributed by atoms with van der Waals surface area (Å²) in [4.78, 5) is 14.3. The second-order valence-corrected chi connectivity index (χ2v) is 4.97. The maximum Gasteiger partial charge on any atom is 0.257 e. The van der Waals surface area contributed by atoms with Crippen LogP contribution in [0.3, 0.4) is 0 Å². The molecule has 0 bridgehead atoms. The Labute approximate surface area is 130 Å². The van der Waals surface area contributed by atoms with Crippen LogP contribution in [0.4, 0.5) is 4.39 Å². The van der Waals surface area contributed by atoms with Gasteiger partial charge in [-0.3, -0.25) is 4.79 Å². The van der Waals surface area contributed by atoms with Crippen LogP contribution in [0, 0.1) is 5.82 Å². The summed E-state index contributed by atoms with van der Waals surface area (Å²) in [6, 6.07) is 14.0. The van der Waals surface area contributed by atoms with Gasteiger partial charge in [0.2, 0.25) is 0 Å². The van der Waals surface area contributed by atoms with E-state index >= 15 is 0 Å². The van der Waals surface area contributed by atoms with E-state index in [9.17, 15) is 9.18 Å². The quantitative estimate of drug-likeness (QED) is 0.817. The summed E-state index contributed by atoms with van der Waals surface area (Å²) < 4.78 is 18.6. The predicted octanol–water partition coefficient (Wildman–Crippen LogP) is 3.54. The maximum absolute atomic E-state index is 13.4. The second-order valence-electron chi connectivity index (χ2n) is 4.97. The van der Waals surface area contributed by atoms with Crippen molar-refractivity contribution >= 4 is 5.91 Å². The van der Waals surface area contributed by atoms with Crippen LogP contribution >= 0.6 is 0 Å². The van der Waals surface area contributed by atoms with Crippen molar-refractivity contribution in [3.05, 3.63) is 65.5 Å². The zero-order valence-corrected chi connectivity index (χ0v) is 12.9. The number of hydrogen-bond donors (Lipinski definition) is 0. The van der Waals surface area contributed by atoms with Crippen molar-refractivity contribution in [3.63, 3.8) is 0 Å². The van der Waals surface area contributed by atoms with Gasteiger partial charge in [-0.2, -0.15) is 0 Å². The van der Waals surface area contributed by atoms with Crippen molar-refractivity contribution < 1.29 is 13.9 Å². The first-order valence-corrected chi connectivity index (χ1v) is 7.32. The van der Waals surface area contributed by atoms with Gasteiger partial charge in [0.25, 0.3) is 5.91 Å². The van der Waals surface area contributed by atoms with Crippen molar-refractivity contribution in [2.24, 2.45) is 0 Å². The third-order valence-electron chi connectivity index (χ3n) is 3.57. The van der Waals surface area contributed by atoms with Crippen LogP contribution in [0.2, 0.25) is 0 Å². The molecule has 22 heavy (non-hydrogen) atoms. The lowest BCUT2D eigenvalue weighted by atomic mass is 10.1. The molecule has 0 N–H and O–H groups in total. The van der Waals surface area contributed by atoms with Gasteiger partial charge in [0, 0.05) is 13.1 Å². The molecule has 0 aromatic heterocycles. The van der Waals surface area contributed by atoms with Crippen LogP contribution in [0.5, 0.6) is 5.75 Å². The molecule has 0 saturated heterocycles. The number of halogens is 1. The Kier molecular flexibility index (Phi) is 5.53. The van der Waals surface area contributed by atoms with Crippen molar-refractivity contribution in [1.82, 2.24) is 4.90 Å². The number of likely N-dealkylation sites (N-methyl/N-ethyl adjacent to an activating group) is 1. The molecular formula is C18H20FNO2. The standard InChI is InChI=1S/C18H20FNO2/c1-3-20(12-11-14-7-5-4-6-8-14)18(21)16-13-15(19)9-10-17(16)22-2/h4-10,13H,3,11-12H2,1-2H3. The fourth-order valence-electron chi connectivity index (χ4n) is 2.33. The Morgan fingerprint density at radius 2 is 1.91 bits per heavy atom. The van der Waals surface area contributed by atoms with Gasteiger partial charge in [-0.25, -0.2) is 4.39 Å². The molecule has 0 fully saturated rings. The SMILES string of the molecule is CCN(CCc1ccccc1)C(=O)c1cc(F)ccc1OC.